The molecule has 0 aliphatic heterocycles. The van der Waals surface area contributed by atoms with Crippen LogP contribution in [0.25, 0.3) is 0 Å². The second-order valence-corrected chi connectivity index (χ2v) is 4.93. The summed E-state index contributed by atoms with van der Waals surface area (Å²) in [6.07, 6.45) is -4.52. The van der Waals surface area contributed by atoms with Crippen LogP contribution in [0.1, 0.15) is 5.56 Å². The Bertz CT molecular complexity index is 735. The van der Waals surface area contributed by atoms with Gasteiger partial charge in [0.2, 0.25) is 0 Å². The van der Waals surface area contributed by atoms with Crippen molar-refractivity contribution in [2.45, 2.75) is 6.18 Å². The Hall–Kier alpha value is -1.99. The van der Waals surface area contributed by atoms with Crippen molar-refractivity contribution < 1.29 is 22.8 Å². The summed E-state index contributed by atoms with van der Waals surface area (Å²) in [4.78, 5) is 9.95. The van der Waals surface area contributed by atoms with Crippen molar-refractivity contribution in [1.29, 1.82) is 0 Å². The zero-order valence-electron chi connectivity index (χ0n) is 10.5. The minimum atomic E-state index is -4.52. The summed E-state index contributed by atoms with van der Waals surface area (Å²) >= 11 is 11.6. The minimum absolute atomic E-state index is 0.0360. The van der Waals surface area contributed by atoms with Gasteiger partial charge in [0.1, 0.15) is 11.5 Å². The van der Waals surface area contributed by atoms with Gasteiger partial charge in [0.25, 0.3) is 5.69 Å². The fourth-order valence-electron chi connectivity index (χ4n) is 1.56. The Morgan fingerprint density at radius 2 is 1.55 bits per heavy atom. The van der Waals surface area contributed by atoms with Crippen LogP contribution in [0.2, 0.25) is 10.0 Å². The van der Waals surface area contributed by atoms with Crippen molar-refractivity contribution in [3.8, 4) is 11.5 Å². The summed E-state index contributed by atoms with van der Waals surface area (Å²) < 4.78 is 42.9. The van der Waals surface area contributed by atoms with Crippen molar-refractivity contribution >= 4 is 28.9 Å². The third-order valence-electron chi connectivity index (χ3n) is 2.61. The summed E-state index contributed by atoms with van der Waals surface area (Å²) in [5.74, 6) is -0.0145. The lowest BCUT2D eigenvalue weighted by molar-refractivity contribution is -0.384. The van der Waals surface area contributed by atoms with Crippen LogP contribution in [0.4, 0.5) is 18.9 Å². The van der Waals surface area contributed by atoms with Gasteiger partial charge in [0.15, 0.2) is 0 Å². The highest BCUT2D eigenvalue weighted by molar-refractivity contribution is 6.33. The molecule has 0 aliphatic rings. The maximum absolute atomic E-state index is 12.5. The van der Waals surface area contributed by atoms with E-state index >= 15 is 0 Å². The Morgan fingerprint density at radius 3 is 2.00 bits per heavy atom. The molecule has 2 aromatic rings. The summed E-state index contributed by atoms with van der Waals surface area (Å²) in [6, 6.07) is 6.02. The fourth-order valence-corrected chi connectivity index (χ4v) is 2.00. The van der Waals surface area contributed by atoms with E-state index in [0.717, 1.165) is 30.3 Å². The first-order valence-electron chi connectivity index (χ1n) is 5.67. The van der Waals surface area contributed by atoms with E-state index in [-0.39, 0.29) is 27.2 Å². The number of nitrogens with zero attached hydrogens (tertiary/aromatic N) is 1. The van der Waals surface area contributed by atoms with Gasteiger partial charge in [0, 0.05) is 12.1 Å². The predicted molar refractivity (Wildman–Crippen MR) is 74.6 cm³/mol. The van der Waals surface area contributed by atoms with Gasteiger partial charge in [-0.25, -0.2) is 0 Å². The summed E-state index contributed by atoms with van der Waals surface area (Å²) in [7, 11) is 0. The van der Waals surface area contributed by atoms with Gasteiger partial charge in [-0.05, 0) is 24.3 Å². The van der Waals surface area contributed by atoms with Gasteiger partial charge >= 0.3 is 6.18 Å². The van der Waals surface area contributed by atoms with Crippen LogP contribution in [-0.2, 0) is 6.18 Å². The van der Waals surface area contributed by atoms with Gasteiger partial charge < -0.3 is 4.74 Å². The van der Waals surface area contributed by atoms with E-state index in [1.165, 1.54) is 6.07 Å². The highest BCUT2D eigenvalue weighted by atomic mass is 35.5. The zero-order valence-corrected chi connectivity index (χ0v) is 12.0. The van der Waals surface area contributed by atoms with Crippen LogP contribution >= 0.6 is 23.2 Å². The number of ether oxygens (including phenoxy) is 1. The van der Waals surface area contributed by atoms with E-state index < -0.39 is 16.7 Å². The lowest BCUT2D eigenvalue weighted by Crippen LogP contribution is -2.04. The Labute approximate surface area is 132 Å². The van der Waals surface area contributed by atoms with E-state index in [1.807, 2.05) is 0 Å². The van der Waals surface area contributed by atoms with Crippen molar-refractivity contribution in [3.63, 3.8) is 0 Å². The number of nitro benzene ring substituents is 1. The van der Waals surface area contributed by atoms with Crippen LogP contribution < -0.4 is 4.74 Å². The van der Waals surface area contributed by atoms with Crippen molar-refractivity contribution in [2.75, 3.05) is 0 Å². The predicted octanol–water partition coefficient (Wildman–Crippen LogP) is 5.71. The number of nitro groups is 1. The molecule has 0 saturated carbocycles. The van der Waals surface area contributed by atoms with Crippen LogP contribution in [-0.4, -0.2) is 4.92 Å². The smallest absolute Gasteiger partial charge is 0.416 e. The van der Waals surface area contributed by atoms with E-state index in [2.05, 4.69) is 0 Å². The molecule has 2 aromatic carbocycles. The van der Waals surface area contributed by atoms with Crippen molar-refractivity contribution in [2.24, 2.45) is 0 Å². The second-order valence-electron chi connectivity index (χ2n) is 4.12. The molecule has 116 valence electrons. The third kappa shape index (κ3) is 3.61. The van der Waals surface area contributed by atoms with Gasteiger partial charge in [-0.2, -0.15) is 13.2 Å². The molecule has 9 heteroatoms. The highest BCUT2D eigenvalue weighted by Crippen LogP contribution is 2.38. The topological polar surface area (TPSA) is 52.4 Å². The molecule has 0 spiro atoms. The quantitative estimate of drug-likeness (QED) is 0.525. The first kappa shape index (κ1) is 16.4. The molecule has 0 saturated heterocycles. The summed E-state index contributed by atoms with van der Waals surface area (Å²) in [5, 5.41) is 10.3. The molecule has 0 amide bonds. The molecule has 0 aliphatic carbocycles. The van der Waals surface area contributed by atoms with E-state index in [0.29, 0.717) is 0 Å². The molecule has 0 bridgehead atoms. The number of benzene rings is 2. The number of halogens is 5. The monoisotopic (exact) mass is 351 g/mol. The van der Waals surface area contributed by atoms with E-state index in [9.17, 15) is 23.3 Å². The van der Waals surface area contributed by atoms with Crippen LogP contribution in [0.3, 0.4) is 0 Å². The highest BCUT2D eigenvalue weighted by Gasteiger charge is 2.31. The third-order valence-corrected chi connectivity index (χ3v) is 3.20. The second kappa shape index (κ2) is 6.02. The standard InChI is InChI=1S/C13H6Cl2F3NO3/c14-9-5-7(13(16,17)18)1-3-11(9)22-12-4-2-8(19(20)21)6-10(12)15/h1-6H. The fraction of sp³-hybridized carbons (Fsp3) is 0.0769. The SMILES string of the molecule is O=[N+]([O-])c1ccc(Oc2ccc(C(F)(F)F)cc2Cl)c(Cl)c1. The van der Waals surface area contributed by atoms with Crippen LogP contribution in [0.15, 0.2) is 36.4 Å². The van der Waals surface area contributed by atoms with Crippen molar-refractivity contribution in [1.82, 2.24) is 0 Å². The molecule has 2 rings (SSSR count). The van der Waals surface area contributed by atoms with E-state index in [1.54, 1.807) is 0 Å². The number of hydrogen-bond donors (Lipinski definition) is 0. The Kier molecular flexibility index (Phi) is 4.48. The number of alkyl halides is 3. The molecule has 22 heavy (non-hydrogen) atoms. The maximum Gasteiger partial charge on any atom is 0.416 e. The molecule has 0 aromatic heterocycles. The first-order chi connectivity index (χ1) is 10.2. The first-order valence-corrected chi connectivity index (χ1v) is 6.42. The van der Waals surface area contributed by atoms with Crippen LogP contribution in [0.5, 0.6) is 11.5 Å². The summed E-state index contributed by atoms with van der Waals surface area (Å²) in [5.41, 5.74) is -1.16. The average Bonchev–Trinajstić information content (AvgIpc) is 2.41. The Morgan fingerprint density at radius 1 is 1.00 bits per heavy atom. The lowest BCUT2D eigenvalue weighted by Gasteiger charge is -2.11. The molecule has 0 atom stereocenters. The lowest BCUT2D eigenvalue weighted by atomic mass is 10.2. The molecular formula is C13H6Cl2F3NO3. The minimum Gasteiger partial charge on any atom is -0.454 e. The van der Waals surface area contributed by atoms with Gasteiger partial charge in [-0.3, -0.25) is 10.1 Å². The molecule has 0 N–H and O–H groups in total. The number of non-ortho nitro benzene ring substituents is 1. The molecule has 0 radical (unpaired) electrons. The molecule has 0 unspecified atom stereocenters. The van der Waals surface area contributed by atoms with Crippen LogP contribution in [0, 0.1) is 10.1 Å². The maximum atomic E-state index is 12.5. The zero-order chi connectivity index (χ0) is 16.5. The van der Waals surface area contributed by atoms with Gasteiger partial charge in [-0.15, -0.1) is 0 Å². The van der Waals surface area contributed by atoms with Crippen molar-refractivity contribution in [3.05, 3.63) is 62.1 Å². The summed E-state index contributed by atoms with van der Waals surface area (Å²) in [6.45, 7) is 0. The number of rotatable bonds is 3. The van der Waals surface area contributed by atoms with Gasteiger partial charge in [-0.1, -0.05) is 23.2 Å². The molecule has 0 fully saturated rings. The van der Waals surface area contributed by atoms with Gasteiger partial charge in [0.05, 0.1) is 20.5 Å². The number of hydrogen-bond acceptors (Lipinski definition) is 3. The molecular weight excluding hydrogens is 346 g/mol. The largest absolute Gasteiger partial charge is 0.454 e. The molecule has 4 nitrogen and oxygen atoms in total. The molecule has 0 heterocycles. The Balaban J connectivity index is 2.30. The van der Waals surface area contributed by atoms with E-state index in [4.69, 9.17) is 27.9 Å². The average molecular weight is 352 g/mol. The normalized spacial score (nSPS) is 11.3.